The maximum atomic E-state index is 12.7. The van der Waals surface area contributed by atoms with Crippen LogP contribution in [0, 0.1) is 6.92 Å². The quantitative estimate of drug-likeness (QED) is 0.752. The molecule has 2 aliphatic rings. The highest BCUT2D eigenvalue weighted by molar-refractivity contribution is 5.90. The van der Waals surface area contributed by atoms with E-state index in [0.29, 0.717) is 5.82 Å². The third kappa shape index (κ3) is 5.24. The van der Waals surface area contributed by atoms with Crippen LogP contribution in [0.3, 0.4) is 0 Å². The standard InChI is InChI=1S/C19H24N4O.2C2H6/c1-4-16-17(20-5-2)21-18(24)19(22-16)10-12-23(13-11-19)15-8-6-14(3)7-9-15;2*1-2/h4-9,22H,1,10-13H2,2-3H3,(H,21,24);2*1-2H3/b20-5-;;. The lowest BCUT2D eigenvalue weighted by atomic mass is 9.84. The number of carbonyl (C=O) groups is 1. The van der Waals surface area contributed by atoms with Gasteiger partial charge in [0.1, 0.15) is 5.54 Å². The molecule has 5 heteroatoms. The Morgan fingerprint density at radius 3 is 2.18 bits per heavy atom. The monoisotopic (exact) mass is 384 g/mol. The highest BCUT2D eigenvalue weighted by atomic mass is 16.2. The van der Waals surface area contributed by atoms with E-state index in [1.54, 1.807) is 12.3 Å². The molecule has 0 radical (unpaired) electrons. The van der Waals surface area contributed by atoms with Crippen LogP contribution in [0.5, 0.6) is 0 Å². The number of hydrogen-bond acceptors (Lipinski definition) is 4. The Morgan fingerprint density at radius 2 is 1.68 bits per heavy atom. The summed E-state index contributed by atoms with van der Waals surface area (Å²) in [5.41, 5.74) is 2.68. The van der Waals surface area contributed by atoms with Gasteiger partial charge in [-0.3, -0.25) is 4.79 Å². The second-order valence-electron chi connectivity index (χ2n) is 6.34. The number of nitrogens with zero attached hydrogens (tertiary/aromatic N) is 2. The average molecular weight is 385 g/mol. The summed E-state index contributed by atoms with van der Waals surface area (Å²) in [7, 11) is 0. The van der Waals surface area contributed by atoms with E-state index in [1.165, 1.54) is 11.3 Å². The lowest BCUT2D eigenvalue weighted by Crippen LogP contribution is -2.64. The molecule has 5 nitrogen and oxygen atoms in total. The van der Waals surface area contributed by atoms with Crippen LogP contribution in [0.2, 0.25) is 0 Å². The lowest BCUT2D eigenvalue weighted by Gasteiger charge is -2.44. The minimum Gasteiger partial charge on any atom is -0.371 e. The maximum Gasteiger partial charge on any atom is 0.251 e. The first-order valence-corrected chi connectivity index (χ1v) is 10.3. The van der Waals surface area contributed by atoms with E-state index in [0.717, 1.165) is 31.6 Å². The van der Waals surface area contributed by atoms with Crippen LogP contribution in [-0.4, -0.2) is 30.8 Å². The summed E-state index contributed by atoms with van der Waals surface area (Å²) in [6.45, 7) is 17.4. The van der Waals surface area contributed by atoms with Crippen LogP contribution in [0.4, 0.5) is 5.69 Å². The molecule has 1 fully saturated rings. The van der Waals surface area contributed by atoms with Crippen molar-refractivity contribution >= 4 is 17.8 Å². The molecule has 0 bridgehead atoms. The molecule has 2 aliphatic heterocycles. The molecule has 154 valence electrons. The van der Waals surface area contributed by atoms with Gasteiger partial charge < -0.3 is 15.5 Å². The molecule has 0 saturated carbocycles. The van der Waals surface area contributed by atoms with Crippen molar-refractivity contribution in [2.75, 3.05) is 18.0 Å². The van der Waals surface area contributed by atoms with Gasteiger partial charge in [0.05, 0.1) is 5.70 Å². The SMILES string of the molecule is C=CC1=C(/N=C\C)NC(=O)C2(CCN(c3ccc(C)cc3)CC2)N1.CC.CC. The first-order valence-electron chi connectivity index (χ1n) is 10.3. The third-order valence-electron chi connectivity index (χ3n) is 4.77. The zero-order valence-corrected chi connectivity index (χ0v) is 18.3. The number of allylic oxidation sites excluding steroid dienone is 1. The van der Waals surface area contributed by atoms with Crippen molar-refractivity contribution < 1.29 is 4.79 Å². The number of aliphatic imine (C=N–C) groups is 1. The number of amides is 1. The van der Waals surface area contributed by atoms with E-state index in [2.05, 4.69) is 58.3 Å². The van der Waals surface area contributed by atoms with E-state index >= 15 is 0 Å². The first-order chi connectivity index (χ1) is 13.6. The van der Waals surface area contributed by atoms with Crippen molar-refractivity contribution in [2.45, 2.75) is 59.9 Å². The molecule has 1 spiro atoms. The fourth-order valence-corrected chi connectivity index (χ4v) is 3.30. The zero-order chi connectivity index (χ0) is 21.2. The summed E-state index contributed by atoms with van der Waals surface area (Å²) in [4.78, 5) is 19.2. The summed E-state index contributed by atoms with van der Waals surface area (Å²) in [5.74, 6) is 0.543. The number of hydrogen-bond donors (Lipinski definition) is 2. The van der Waals surface area contributed by atoms with Gasteiger partial charge in [-0.15, -0.1) is 0 Å². The fourth-order valence-electron chi connectivity index (χ4n) is 3.30. The van der Waals surface area contributed by atoms with Gasteiger partial charge in [0, 0.05) is 25.0 Å². The zero-order valence-electron chi connectivity index (χ0n) is 18.3. The molecular formula is C23H36N4O. The smallest absolute Gasteiger partial charge is 0.251 e. The Kier molecular flexibility index (Phi) is 9.49. The van der Waals surface area contributed by atoms with Gasteiger partial charge in [0.2, 0.25) is 0 Å². The third-order valence-corrected chi connectivity index (χ3v) is 4.77. The molecule has 0 aromatic heterocycles. The van der Waals surface area contributed by atoms with Gasteiger partial charge in [-0.25, -0.2) is 4.99 Å². The number of anilines is 1. The van der Waals surface area contributed by atoms with Gasteiger partial charge >= 0.3 is 0 Å². The van der Waals surface area contributed by atoms with E-state index in [1.807, 2.05) is 34.6 Å². The van der Waals surface area contributed by atoms with E-state index in [9.17, 15) is 4.79 Å². The van der Waals surface area contributed by atoms with Crippen molar-refractivity contribution in [1.29, 1.82) is 0 Å². The molecule has 1 amide bonds. The van der Waals surface area contributed by atoms with Crippen molar-refractivity contribution in [1.82, 2.24) is 10.6 Å². The molecule has 1 aromatic carbocycles. The van der Waals surface area contributed by atoms with Crippen molar-refractivity contribution in [3.05, 3.63) is 54.0 Å². The van der Waals surface area contributed by atoms with E-state index < -0.39 is 5.54 Å². The van der Waals surface area contributed by atoms with Crippen LogP contribution in [0.1, 0.15) is 53.0 Å². The number of piperidine rings is 1. The highest BCUT2D eigenvalue weighted by Crippen LogP contribution is 2.30. The lowest BCUT2D eigenvalue weighted by molar-refractivity contribution is -0.128. The number of carbonyl (C=O) groups excluding carboxylic acids is 1. The van der Waals surface area contributed by atoms with Crippen LogP contribution < -0.4 is 15.5 Å². The summed E-state index contributed by atoms with van der Waals surface area (Å²) < 4.78 is 0. The van der Waals surface area contributed by atoms with Crippen LogP contribution in [-0.2, 0) is 4.79 Å². The van der Waals surface area contributed by atoms with Gasteiger partial charge in [-0.1, -0.05) is 52.0 Å². The fraction of sp³-hybridized carbons (Fsp3) is 0.478. The normalized spacial score (nSPS) is 17.8. The molecule has 2 N–H and O–H groups in total. The topological polar surface area (TPSA) is 56.7 Å². The number of rotatable bonds is 3. The number of nitrogens with one attached hydrogen (secondary N) is 2. The summed E-state index contributed by atoms with van der Waals surface area (Å²) >= 11 is 0. The first kappa shape index (κ1) is 23.5. The Morgan fingerprint density at radius 1 is 1.11 bits per heavy atom. The van der Waals surface area contributed by atoms with Crippen molar-refractivity contribution in [3.63, 3.8) is 0 Å². The number of benzene rings is 1. The van der Waals surface area contributed by atoms with Gasteiger partial charge in [-0.05, 0) is 44.9 Å². The van der Waals surface area contributed by atoms with Crippen molar-refractivity contribution in [3.8, 4) is 0 Å². The van der Waals surface area contributed by atoms with E-state index in [4.69, 9.17) is 0 Å². The molecule has 3 rings (SSSR count). The second-order valence-corrected chi connectivity index (χ2v) is 6.34. The Labute approximate surface area is 170 Å². The van der Waals surface area contributed by atoms with Gasteiger partial charge in [0.25, 0.3) is 5.91 Å². The summed E-state index contributed by atoms with van der Waals surface area (Å²) in [6.07, 6.45) is 4.87. The molecule has 2 heterocycles. The largest absolute Gasteiger partial charge is 0.371 e. The van der Waals surface area contributed by atoms with Gasteiger partial charge in [-0.2, -0.15) is 0 Å². The maximum absolute atomic E-state index is 12.7. The van der Waals surface area contributed by atoms with Crippen LogP contribution >= 0.6 is 0 Å². The highest BCUT2D eigenvalue weighted by Gasteiger charge is 2.44. The Balaban J connectivity index is 0.000000921. The Bertz CT molecular complexity index is 696. The number of aryl methyl sites for hydroxylation is 1. The van der Waals surface area contributed by atoms with Gasteiger partial charge in [0.15, 0.2) is 5.82 Å². The molecule has 28 heavy (non-hydrogen) atoms. The predicted molar refractivity (Wildman–Crippen MR) is 121 cm³/mol. The minimum absolute atomic E-state index is 0.00254. The molecular weight excluding hydrogens is 348 g/mol. The molecule has 1 aromatic rings. The van der Waals surface area contributed by atoms with Crippen LogP contribution in [0.15, 0.2) is 53.4 Å². The Hall–Kier alpha value is -2.56. The van der Waals surface area contributed by atoms with Crippen molar-refractivity contribution in [2.24, 2.45) is 4.99 Å². The predicted octanol–water partition coefficient (Wildman–Crippen LogP) is 4.55. The average Bonchev–Trinajstić information content (AvgIpc) is 2.75. The summed E-state index contributed by atoms with van der Waals surface area (Å²) in [5, 5.41) is 6.32. The second kappa shape index (κ2) is 11.3. The molecule has 0 unspecified atom stereocenters. The molecule has 0 atom stereocenters. The van der Waals surface area contributed by atoms with E-state index in [-0.39, 0.29) is 5.91 Å². The molecule has 1 saturated heterocycles. The minimum atomic E-state index is -0.572. The molecule has 0 aliphatic carbocycles. The van der Waals surface area contributed by atoms with Crippen LogP contribution in [0.25, 0.3) is 0 Å². The summed E-state index contributed by atoms with van der Waals surface area (Å²) in [6, 6.07) is 8.54.